The third-order valence-electron chi connectivity index (χ3n) is 0.633. The van der Waals surface area contributed by atoms with Gasteiger partial charge in [-0.25, -0.2) is 4.79 Å². The van der Waals surface area contributed by atoms with Crippen molar-refractivity contribution in [1.82, 2.24) is 0 Å². The highest BCUT2D eigenvalue weighted by Gasteiger charge is 1.90. The number of aliphatic hydroxyl groups excluding tert-OH is 1. The first-order valence-corrected chi connectivity index (χ1v) is 4.55. The lowest BCUT2D eigenvalue weighted by atomic mass is 10.4. The van der Waals surface area contributed by atoms with E-state index in [-0.39, 0.29) is 9.96 Å². The minimum atomic E-state index is -0.935. The molecule has 0 amide bonds. The standard InChI is InChI=1S/C4H6O2.C3H6OS2/c1-3(2)4(5)6;1-2-6-3(4)5/h1H2,2H3,(H,5,6);2H2,1H3,(H,4,5). The summed E-state index contributed by atoms with van der Waals surface area (Å²) in [6.07, 6.45) is 0. The van der Waals surface area contributed by atoms with Crippen LogP contribution in [0.25, 0.3) is 0 Å². The third-order valence-corrected chi connectivity index (χ3v) is 1.52. The zero-order chi connectivity index (χ0) is 10.1. The number of carboxylic acids is 1. The molecule has 0 aliphatic heterocycles. The molecule has 0 spiro atoms. The van der Waals surface area contributed by atoms with Crippen LogP contribution in [0.5, 0.6) is 0 Å². The van der Waals surface area contributed by atoms with Crippen molar-refractivity contribution in [2.24, 2.45) is 0 Å². The highest BCUT2D eigenvalue weighted by atomic mass is 32.2. The van der Waals surface area contributed by atoms with E-state index in [4.69, 9.17) is 10.2 Å². The number of thioether (sulfide) groups is 1. The molecule has 0 aromatic carbocycles. The average Bonchev–Trinajstić information content (AvgIpc) is 1.87. The fraction of sp³-hybridized carbons (Fsp3) is 0.429. The summed E-state index contributed by atoms with van der Waals surface area (Å²) < 4.78 is 0.0394. The van der Waals surface area contributed by atoms with Crippen LogP contribution in [0.1, 0.15) is 13.8 Å². The van der Waals surface area contributed by atoms with E-state index in [0.717, 1.165) is 5.75 Å². The lowest BCUT2D eigenvalue weighted by Crippen LogP contribution is -1.92. The molecule has 0 heterocycles. The number of hydrogen-bond acceptors (Lipinski definition) is 3. The Morgan fingerprint density at radius 1 is 1.58 bits per heavy atom. The Morgan fingerprint density at radius 3 is 1.92 bits per heavy atom. The second-order valence-electron chi connectivity index (χ2n) is 1.78. The van der Waals surface area contributed by atoms with Crippen LogP contribution in [0, 0.1) is 0 Å². The van der Waals surface area contributed by atoms with Crippen molar-refractivity contribution in [1.29, 1.82) is 0 Å². The number of carbonyl (C=O) groups is 1. The monoisotopic (exact) mass is 208 g/mol. The molecule has 0 saturated heterocycles. The molecule has 0 unspecified atom stereocenters. The summed E-state index contributed by atoms with van der Waals surface area (Å²) in [6, 6.07) is 0. The number of carboxylic acid groups (broad SMARTS) is 1. The van der Waals surface area contributed by atoms with Crippen molar-refractivity contribution < 1.29 is 15.0 Å². The quantitative estimate of drug-likeness (QED) is 0.538. The summed E-state index contributed by atoms with van der Waals surface area (Å²) in [7, 11) is 0. The van der Waals surface area contributed by atoms with Gasteiger partial charge in [-0.1, -0.05) is 25.3 Å². The summed E-state index contributed by atoms with van der Waals surface area (Å²) in [6.45, 7) is 6.54. The summed E-state index contributed by atoms with van der Waals surface area (Å²) in [5, 5.41) is 16.1. The molecule has 70 valence electrons. The van der Waals surface area contributed by atoms with Gasteiger partial charge in [-0.15, -0.1) is 0 Å². The molecular formula is C7H12O3S2. The van der Waals surface area contributed by atoms with Crippen molar-refractivity contribution in [3.63, 3.8) is 0 Å². The zero-order valence-corrected chi connectivity index (χ0v) is 8.67. The van der Waals surface area contributed by atoms with Gasteiger partial charge >= 0.3 is 5.97 Å². The predicted molar refractivity (Wildman–Crippen MR) is 55.8 cm³/mol. The summed E-state index contributed by atoms with van der Waals surface area (Å²) in [5.41, 5.74) is 0.176. The van der Waals surface area contributed by atoms with Crippen LogP contribution in [-0.2, 0) is 4.79 Å². The number of aliphatic carboxylic acids is 1. The van der Waals surface area contributed by atoms with Gasteiger partial charge in [0.2, 0.25) is 4.38 Å². The molecule has 3 nitrogen and oxygen atoms in total. The molecular weight excluding hydrogens is 196 g/mol. The van der Waals surface area contributed by atoms with Crippen molar-refractivity contribution in [3.05, 3.63) is 12.2 Å². The molecule has 0 saturated carbocycles. The normalized spacial score (nSPS) is 7.83. The molecule has 0 radical (unpaired) electrons. The number of hydrogen-bond donors (Lipinski definition) is 2. The lowest BCUT2D eigenvalue weighted by Gasteiger charge is -1.83. The number of rotatable bonds is 2. The number of thiocarbonyl (C=S) groups is 1. The van der Waals surface area contributed by atoms with Gasteiger partial charge in [-0.3, -0.25) is 0 Å². The van der Waals surface area contributed by atoms with E-state index in [9.17, 15) is 4.79 Å². The van der Waals surface area contributed by atoms with Gasteiger partial charge in [0.1, 0.15) is 0 Å². The van der Waals surface area contributed by atoms with Gasteiger partial charge in [0.05, 0.1) is 0 Å². The van der Waals surface area contributed by atoms with Gasteiger partial charge in [0.25, 0.3) is 0 Å². The van der Waals surface area contributed by atoms with Crippen LogP contribution >= 0.6 is 24.0 Å². The first-order chi connectivity index (χ1) is 5.41. The van der Waals surface area contributed by atoms with Gasteiger partial charge in [-0.2, -0.15) is 0 Å². The Hall–Kier alpha value is -0.550. The Bertz CT molecular complexity index is 165. The summed E-state index contributed by atoms with van der Waals surface area (Å²) >= 11 is 5.59. The highest BCUT2D eigenvalue weighted by Crippen LogP contribution is 1.97. The molecule has 0 aromatic rings. The Kier molecular flexibility index (Phi) is 9.97. The molecule has 12 heavy (non-hydrogen) atoms. The van der Waals surface area contributed by atoms with Crippen molar-refractivity contribution in [2.75, 3.05) is 5.75 Å². The first kappa shape index (κ1) is 14.0. The van der Waals surface area contributed by atoms with Crippen LogP contribution < -0.4 is 0 Å². The largest absolute Gasteiger partial charge is 0.494 e. The minimum Gasteiger partial charge on any atom is -0.494 e. The van der Waals surface area contributed by atoms with Crippen LogP contribution in [0.3, 0.4) is 0 Å². The molecule has 0 bridgehead atoms. The van der Waals surface area contributed by atoms with Gasteiger partial charge in [-0.05, 0) is 24.9 Å². The van der Waals surface area contributed by atoms with E-state index in [1.165, 1.54) is 18.7 Å². The van der Waals surface area contributed by atoms with E-state index in [1.54, 1.807) is 0 Å². The first-order valence-electron chi connectivity index (χ1n) is 3.16. The Morgan fingerprint density at radius 2 is 1.92 bits per heavy atom. The van der Waals surface area contributed by atoms with Crippen LogP contribution in [-0.4, -0.2) is 26.3 Å². The molecule has 0 aliphatic rings. The minimum absolute atomic E-state index is 0.0394. The van der Waals surface area contributed by atoms with Gasteiger partial charge < -0.3 is 10.2 Å². The SMILES string of the molecule is C=C(C)C(=O)O.CCSC(O)=S. The fourth-order valence-corrected chi connectivity index (χ4v) is 0.724. The van der Waals surface area contributed by atoms with Crippen molar-refractivity contribution >= 4 is 34.3 Å². The van der Waals surface area contributed by atoms with Crippen molar-refractivity contribution in [3.8, 4) is 0 Å². The maximum Gasteiger partial charge on any atom is 0.330 e. The predicted octanol–water partition coefficient (Wildman–Crippen LogP) is 2.23. The molecule has 0 aliphatic carbocycles. The van der Waals surface area contributed by atoms with E-state index < -0.39 is 5.97 Å². The third kappa shape index (κ3) is 16.2. The Balaban J connectivity index is 0. The van der Waals surface area contributed by atoms with E-state index in [2.05, 4.69) is 18.8 Å². The second kappa shape index (κ2) is 8.55. The maximum atomic E-state index is 9.60. The molecule has 0 atom stereocenters. The molecule has 0 rings (SSSR count). The lowest BCUT2D eigenvalue weighted by molar-refractivity contribution is -0.132. The molecule has 0 aromatic heterocycles. The van der Waals surface area contributed by atoms with E-state index >= 15 is 0 Å². The van der Waals surface area contributed by atoms with E-state index in [0.29, 0.717) is 0 Å². The van der Waals surface area contributed by atoms with E-state index in [1.807, 2.05) is 6.92 Å². The van der Waals surface area contributed by atoms with Crippen molar-refractivity contribution in [2.45, 2.75) is 13.8 Å². The van der Waals surface area contributed by atoms with Crippen LogP contribution in [0.15, 0.2) is 12.2 Å². The fourth-order valence-electron chi connectivity index (χ4n) is 0.123. The van der Waals surface area contributed by atoms with Gasteiger partial charge in [0.15, 0.2) is 0 Å². The van der Waals surface area contributed by atoms with Gasteiger partial charge in [0, 0.05) is 5.57 Å². The summed E-state index contributed by atoms with van der Waals surface area (Å²) in [5.74, 6) is -0.0787. The Labute approximate surface area is 81.5 Å². The molecule has 0 fully saturated rings. The molecule has 2 N–H and O–H groups in total. The second-order valence-corrected chi connectivity index (χ2v) is 3.68. The smallest absolute Gasteiger partial charge is 0.330 e. The maximum absolute atomic E-state index is 9.60. The number of aliphatic hydroxyl groups is 1. The average molecular weight is 208 g/mol. The topological polar surface area (TPSA) is 57.5 Å². The van der Waals surface area contributed by atoms with Crippen LogP contribution in [0.4, 0.5) is 0 Å². The summed E-state index contributed by atoms with van der Waals surface area (Å²) in [4.78, 5) is 9.60. The molecule has 5 heteroatoms. The zero-order valence-electron chi connectivity index (χ0n) is 7.03. The highest BCUT2D eigenvalue weighted by molar-refractivity contribution is 8.22. The van der Waals surface area contributed by atoms with Crippen LogP contribution in [0.2, 0.25) is 0 Å².